The summed E-state index contributed by atoms with van der Waals surface area (Å²) in [6.45, 7) is 0. The number of fused-ring (bicyclic) bond motifs is 1. The molecular formula is C23H15Cl3N4O3. The first kappa shape index (κ1) is 22.7. The highest BCUT2D eigenvalue weighted by Crippen LogP contribution is 2.24. The summed E-state index contributed by atoms with van der Waals surface area (Å²) in [6, 6.07) is 19.3. The number of nitrogens with one attached hydrogen (secondary N) is 3. The second kappa shape index (κ2) is 9.54. The van der Waals surface area contributed by atoms with Gasteiger partial charge >= 0.3 is 11.8 Å². The van der Waals surface area contributed by atoms with E-state index < -0.39 is 17.7 Å². The van der Waals surface area contributed by atoms with Crippen molar-refractivity contribution in [1.82, 2.24) is 4.68 Å². The van der Waals surface area contributed by atoms with Crippen molar-refractivity contribution in [2.75, 3.05) is 16.1 Å². The Morgan fingerprint density at radius 1 is 0.667 bits per heavy atom. The number of aromatic nitrogens is 1. The number of nitrogens with zero attached hydrogens (tertiary/aromatic N) is 1. The number of hydrogen-bond acceptors (Lipinski definition) is 3. The first-order chi connectivity index (χ1) is 15.8. The van der Waals surface area contributed by atoms with Crippen LogP contribution in [0.4, 0.5) is 11.4 Å². The Kier molecular flexibility index (Phi) is 6.55. The zero-order valence-corrected chi connectivity index (χ0v) is 19.0. The highest BCUT2D eigenvalue weighted by atomic mass is 35.5. The van der Waals surface area contributed by atoms with E-state index in [1.54, 1.807) is 72.8 Å². The minimum atomic E-state index is -0.978. The summed E-state index contributed by atoms with van der Waals surface area (Å²) in [7, 11) is 0. The van der Waals surface area contributed by atoms with Crippen molar-refractivity contribution in [2.24, 2.45) is 0 Å². The maximum Gasteiger partial charge on any atom is 0.328 e. The van der Waals surface area contributed by atoms with E-state index >= 15 is 0 Å². The van der Waals surface area contributed by atoms with Crippen LogP contribution in [-0.4, -0.2) is 22.4 Å². The van der Waals surface area contributed by atoms with E-state index in [1.807, 2.05) is 0 Å². The molecule has 4 rings (SSSR count). The largest absolute Gasteiger partial charge is 0.328 e. The molecule has 0 atom stereocenters. The molecule has 0 bridgehead atoms. The topological polar surface area (TPSA) is 92.2 Å². The minimum Gasteiger partial charge on any atom is -0.321 e. The van der Waals surface area contributed by atoms with E-state index in [0.717, 1.165) is 0 Å². The molecule has 10 heteroatoms. The number of anilines is 2. The van der Waals surface area contributed by atoms with Gasteiger partial charge in [-0.25, -0.2) is 4.68 Å². The normalized spacial score (nSPS) is 10.6. The van der Waals surface area contributed by atoms with Gasteiger partial charge in [-0.2, -0.15) is 0 Å². The third kappa shape index (κ3) is 5.28. The average Bonchev–Trinajstić information content (AvgIpc) is 3.12. The second-order valence-corrected chi connectivity index (χ2v) is 8.24. The van der Waals surface area contributed by atoms with E-state index in [4.69, 9.17) is 34.8 Å². The van der Waals surface area contributed by atoms with Crippen LogP contribution in [0, 0.1) is 0 Å². The third-order valence-electron chi connectivity index (χ3n) is 4.60. The summed E-state index contributed by atoms with van der Waals surface area (Å²) >= 11 is 17.9. The van der Waals surface area contributed by atoms with Gasteiger partial charge in [-0.05, 0) is 66.7 Å². The molecule has 0 aliphatic heterocycles. The number of benzene rings is 3. The Balaban J connectivity index is 1.62. The van der Waals surface area contributed by atoms with Gasteiger partial charge in [0.2, 0.25) is 0 Å². The standard InChI is InChI=1S/C23H15Cl3N4O3/c24-14-4-7-17(8-5-14)27-22(32)23(33)29-30-19-9-6-16(26)10-13(19)11-20(30)21(31)28-18-3-1-2-15(25)12-18/h1-12H,(H,27,32)(H,28,31)(H,29,33). The van der Waals surface area contributed by atoms with E-state index in [1.165, 1.54) is 4.68 Å². The van der Waals surface area contributed by atoms with Crippen molar-refractivity contribution in [2.45, 2.75) is 0 Å². The van der Waals surface area contributed by atoms with Crippen molar-refractivity contribution in [1.29, 1.82) is 0 Å². The fourth-order valence-corrected chi connectivity index (χ4v) is 3.61. The lowest BCUT2D eigenvalue weighted by molar-refractivity contribution is -0.133. The molecule has 1 aromatic heterocycles. The van der Waals surface area contributed by atoms with Gasteiger partial charge in [0.25, 0.3) is 5.91 Å². The number of carbonyl (C=O) groups is 3. The first-order valence-corrected chi connectivity index (χ1v) is 10.7. The molecule has 3 N–H and O–H groups in total. The maximum atomic E-state index is 13.0. The number of amides is 3. The van der Waals surface area contributed by atoms with Crippen molar-refractivity contribution in [3.05, 3.63) is 93.6 Å². The van der Waals surface area contributed by atoms with E-state index in [9.17, 15) is 14.4 Å². The van der Waals surface area contributed by atoms with Crippen molar-refractivity contribution in [3.63, 3.8) is 0 Å². The predicted molar refractivity (Wildman–Crippen MR) is 131 cm³/mol. The summed E-state index contributed by atoms with van der Waals surface area (Å²) in [5.74, 6) is -2.42. The quantitative estimate of drug-likeness (QED) is 0.320. The van der Waals surface area contributed by atoms with Gasteiger partial charge in [0.1, 0.15) is 5.69 Å². The van der Waals surface area contributed by atoms with Crippen LogP contribution in [0.15, 0.2) is 72.8 Å². The molecule has 1 heterocycles. The van der Waals surface area contributed by atoms with Crippen LogP contribution < -0.4 is 16.1 Å². The average molecular weight is 502 g/mol. The Hall–Kier alpha value is -3.52. The van der Waals surface area contributed by atoms with Crippen LogP contribution >= 0.6 is 34.8 Å². The smallest absolute Gasteiger partial charge is 0.321 e. The Morgan fingerprint density at radius 2 is 1.36 bits per heavy atom. The van der Waals surface area contributed by atoms with Crippen molar-refractivity contribution < 1.29 is 14.4 Å². The van der Waals surface area contributed by atoms with Crippen LogP contribution in [0.25, 0.3) is 10.9 Å². The molecule has 0 saturated heterocycles. The lowest BCUT2D eigenvalue weighted by Gasteiger charge is -2.13. The predicted octanol–water partition coefficient (Wildman–Crippen LogP) is 5.56. The Morgan fingerprint density at radius 3 is 2.09 bits per heavy atom. The monoisotopic (exact) mass is 500 g/mol. The molecule has 0 aliphatic rings. The zero-order chi connectivity index (χ0) is 23.5. The Bertz CT molecular complexity index is 1380. The molecule has 0 unspecified atom stereocenters. The lowest BCUT2D eigenvalue weighted by Crippen LogP contribution is -2.36. The fourth-order valence-electron chi connectivity index (χ4n) is 3.11. The van der Waals surface area contributed by atoms with Crippen LogP contribution in [0.3, 0.4) is 0 Å². The highest BCUT2D eigenvalue weighted by Gasteiger charge is 2.21. The molecule has 166 valence electrons. The lowest BCUT2D eigenvalue weighted by atomic mass is 10.2. The molecule has 7 nitrogen and oxygen atoms in total. The second-order valence-electron chi connectivity index (χ2n) is 6.93. The van der Waals surface area contributed by atoms with Gasteiger partial charge in [0.05, 0.1) is 5.52 Å². The molecule has 0 radical (unpaired) electrons. The number of carbonyl (C=O) groups excluding carboxylic acids is 3. The minimum absolute atomic E-state index is 0.0832. The molecule has 4 aromatic rings. The Labute approximate surface area is 203 Å². The van der Waals surface area contributed by atoms with Crippen molar-refractivity contribution in [3.8, 4) is 0 Å². The van der Waals surface area contributed by atoms with Crippen molar-refractivity contribution >= 4 is 74.8 Å². The summed E-state index contributed by atoms with van der Waals surface area (Å²) in [6.07, 6.45) is 0. The van der Waals surface area contributed by atoms with Gasteiger partial charge in [-0.3, -0.25) is 19.8 Å². The van der Waals surface area contributed by atoms with Crippen LogP contribution in [0.1, 0.15) is 10.5 Å². The molecule has 0 fully saturated rings. The molecule has 3 amide bonds. The van der Waals surface area contributed by atoms with E-state index in [-0.39, 0.29) is 5.69 Å². The van der Waals surface area contributed by atoms with Gasteiger partial charge in [0.15, 0.2) is 0 Å². The molecular weight excluding hydrogens is 487 g/mol. The summed E-state index contributed by atoms with van der Waals surface area (Å²) in [5, 5.41) is 7.18. The summed E-state index contributed by atoms with van der Waals surface area (Å²) in [4.78, 5) is 38.0. The highest BCUT2D eigenvalue weighted by molar-refractivity contribution is 6.42. The molecule has 33 heavy (non-hydrogen) atoms. The van der Waals surface area contributed by atoms with Gasteiger partial charge < -0.3 is 10.6 Å². The molecule has 0 aliphatic carbocycles. The van der Waals surface area contributed by atoms with Crippen LogP contribution in [0.2, 0.25) is 15.1 Å². The van der Waals surface area contributed by atoms with Crippen LogP contribution in [0.5, 0.6) is 0 Å². The first-order valence-electron chi connectivity index (χ1n) is 9.56. The number of rotatable bonds is 4. The van der Waals surface area contributed by atoms with Gasteiger partial charge in [0, 0.05) is 31.8 Å². The number of hydrogen-bond donors (Lipinski definition) is 3. The molecule has 3 aromatic carbocycles. The summed E-state index contributed by atoms with van der Waals surface area (Å²) in [5.41, 5.74) is 3.89. The number of halogens is 3. The molecule has 0 spiro atoms. The van der Waals surface area contributed by atoms with Gasteiger partial charge in [-0.15, -0.1) is 0 Å². The SMILES string of the molecule is O=C(Nc1ccc(Cl)cc1)C(=O)Nn1c(C(=O)Nc2cccc(Cl)c2)cc2cc(Cl)ccc21. The fraction of sp³-hybridized carbons (Fsp3) is 0. The van der Waals surface area contributed by atoms with Crippen LogP contribution in [-0.2, 0) is 9.59 Å². The molecule has 0 saturated carbocycles. The van der Waals surface area contributed by atoms with E-state index in [0.29, 0.717) is 37.3 Å². The third-order valence-corrected chi connectivity index (χ3v) is 5.32. The zero-order valence-electron chi connectivity index (χ0n) is 16.7. The maximum absolute atomic E-state index is 13.0. The van der Waals surface area contributed by atoms with Gasteiger partial charge in [-0.1, -0.05) is 40.9 Å². The summed E-state index contributed by atoms with van der Waals surface area (Å²) < 4.78 is 1.23. The van der Waals surface area contributed by atoms with E-state index in [2.05, 4.69) is 16.1 Å².